The Morgan fingerprint density at radius 1 is 1.46 bits per heavy atom. The van der Waals surface area contributed by atoms with Crippen LogP contribution >= 0.6 is 0 Å². The van der Waals surface area contributed by atoms with E-state index in [0.717, 1.165) is 5.56 Å². The van der Waals surface area contributed by atoms with Crippen LogP contribution in [0.2, 0.25) is 0 Å². The predicted octanol–water partition coefficient (Wildman–Crippen LogP) is 1.98. The van der Waals surface area contributed by atoms with Gasteiger partial charge in [-0.25, -0.2) is 8.78 Å². The minimum Gasteiger partial charge on any atom is -0.307 e. The Balaban J connectivity index is 2.45. The van der Waals surface area contributed by atoms with Gasteiger partial charge in [0.15, 0.2) is 0 Å². The van der Waals surface area contributed by atoms with E-state index in [9.17, 15) is 8.78 Å². The summed E-state index contributed by atoms with van der Waals surface area (Å²) in [5, 5.41) is 3.01. The average Bonchev–Trinajstić information content (AvgIpc) is 2.18. The first kappa shape index (κ1) is 8.63. The maximum absolute atomic E-state index is 13.2. The first-order valence-corrected chi connectivity index (χ1v) is 4.39. The lowest BCUT2D eigenvalue weighted by atomic mass is 9.95. The number of hydrogen-bond donors (Lipinski definition) is 1. The molecule has 1 aromatic carbocycles. The van der Waals surface area contributed by atoms with E-state index in [1.54, 1.807) is 12.1 Å². The molecular weight excluding hydrogens is 172 g/mol. The highest BCUT2D eigenvalue weighted by molar-refractivity contribution is 5.33. The van der Waals surface area contributed by atoms with Crippen LogP contribution in [0.3, 0.4) is 0 Å². The van der Waals surface area contributed by atoms with Crippen molar-refractivity contribution in [1.29, 1.82) is 0 Å². The number of fused-ring (bicyclic) bond motifs is 1. The minimum absolute atomic E-state index is 0.211. The van der Waals surface area contributed by atoms with Gasteiger partial charge in [0, 0.05) is 0 Å². The maximum atomic E-state index is 13.2. The summed E-state index contributed by atoms with van der Waals surface area (Å²) in [6.07, 6.45) is 0.651. The van der Waals surface area contributed by atoms with Gasteiger partial charge >= 0.3 is 0 Å². The first-order chi connectivity index (χ1) is 6.33. The molecule has 0 fully saturated rings. The molecule has 0 bridgehead atoms. The lowest BCUT2D eigenvalue weighted by molar-refractivity contribution is 0.367. The molecule has 1 aliphatic heterocycles. The smallest absolute Gasteiger partial charge is 0.126 e. The second-order valence-electron chi connectivity index (χ2n) is 3.22. The van der Waals surface area contributed by atoms with E-state index in [1.165, 1.54) is 6.07 Å². The van der Waals surface area contributed by atoms with Crippen molar-refractivity contribution in [1.82, 2.24) is 5.32 Å². The number of benzene rings is 1. The van der Waals surface area contributed by atoms with Crippen LogP contribution in [0.1, 0.15) is 17.2 Å². The Labute approximate surface area is 75.8 Å². The molecule has 0 aliphatic carbocycles. The first-order valence-electron chi connectivity index (χ1n) is 4.39. The van der Waals surface area contributed by atoms with Gasteiger partial charge < -0.3 is 5.32 Å². The highest BCUT2D eigenvalue weighted by Gasteiger charge is 2.21. The van der Waals surface area contributed by atoms with Crippen molar-refractivity contribution >= 4 is 0 Å². The molecule has 0 spiro atoms. The standard InChI is InChI=1S/C10H11F2N/c11-6-10-8-2-1-3-9(12)7(8)4-5-13-10/h1-3,10,13H,4-6H2. The van der Waals surface area contributed by atoms with Crippen molar-refractivity contribution in [3.63, 3.8) is 0 Å². The minimum atomic E-state index is -0.476. The number of rotatable bonds is 1. The molecule has 1 N–H and O–H groups in total. The van der Waals surface area contributed by atoms with Gasteiger partial charge in [0.1, 0.15) is 12.5 Å². The van der Waals surface area contributed by atoms with E-state index in [0.29, 0.717) is 18.5 Å². The third-order valence-electron chi connectivity index (χ3n) is 2.45. The fourth-order valence-corrected chi connectivity index (χ4v) is 1.78. The zero-order valence-electron chi connectivity index (χ0n) is 7.19. The second kappa shape index (κ2) is 3.42. The predicted molar refractivity (Wildman–Crippen MR) is 46.8 cm³/mol. The van der Waals surface area contributed by atoms with Gasteiger partial charge in [-0.2, -0.15) is 0 Å². The molecule has 0 saturated carbocycles. The van der Waals surface area contributed by atoms with Crippen LogP contribution in [0.25, 0.3) is 0 Å². The van der Waals surface area contributed by atoms with Gasteiger partial charge in [-0.15, -0.1) is 0 Å². The Bertz CT molecular complexity index is 312. The molecule has 1 unspecified atom stereocenters. The van der Waals surface area contributed by atoms with E-state index in [-0.39, 0.29) is 11.9 Å². The van der Waals surface area contributed by atoms with Gasteiger partial charge in [0.25, 0.3) is 0 Å². The summed E-state index contributed by atoms with van der Waals surface area (Å²) < 4.78 is 25.7. The fraction of sp³-hybridized carbons (Fsp3) is 0.400. The highest BCUT2D eigenvalue weighted by Crippen LogP contribution is 2.24. The summed E-state index contributed by atoms with van der Waals surface area (Å²) in [6, 6.07) is 4.53. The van der Waals surface area contributed by atoms with Crippen molar-refractivity contribution in [2.24, 2.45) is 0 Å². The Kier molecular flexibility index (Phi) is 2.27. The molecule has 0 aromatic heterocycles. The van der Waals surface area contributed by atoms with E-state index < -0.39 is 6.67 Å². The van der Waals surface area contributed by atoms with Crippen molar-refractivity contribution < 1.29 is 8.78 Å². The van der Waals surface area contributed by atoms with Gasteiger partial charge in [0.05, 0.1) is 6.04 Å². The third kappa shape index (κ3) is 1.44. The molecule has 70 valence electrons. The van der Waals surface area contributed by atoms with Crippen molar-refractivity contribution in [3.05, 3.63) is 35.1 Å². The fourth-order valence-electron chi connectivity index (χ4n) is 1.78. The molecule has 0 amide bonds. The van der Waals surface area contributed by atoms with E-state index in [2.05, 4.69) is 5.32 Å². The van der Waals surface area contributed by atoms with E-state index in [4.69, 9.17) is 0 Å². The van der Waals surface area contributed by atoms with Crippen LogP contribution in [0.15, 0.2) is 18.2 Å². The molecule has 1 aliphatic rings. The molecule has 3 heteroatoms. The summed E-state index contributed by atoms with van der Waals surface area (Å²) in [5.41, 5.74) is 1.44. The van der Waals surface area contributed by atoms with Crippen LogP contribution in [0, 0.1) is 5.82 Å². The molecule has 1 heterocycles. The lowest BCUT2D eigenvalue weighted by Crippen LogP contribution is -2.31. The summed E-state index contributed by atoms with van der Waals surface area (Å²) >= 11 is 0. The van der Waals surface area contributed by atoms with Gasteiger partial charge in [-0.05, 0) is 30.2 Å². The van der Waals surface area contributed by atoms with Crippen LogP contribution in [-0.2, 0) is 6.42 Å². The van der Waals surface area contributed by atoms with Gasteiger partial charge in [0.2, 0.25) is 0 Å². The molecule has 1 nitrogen and oxygen atoms in total. The highest BCUT2D eigenvalue weighted by atomic mass is 19.1. The quantitative estimate of drug-likeness (QED) is 0.702. The summed E-state index contributed by atoms with van der Waals surface area (Å²) in [6.45, 7) is 0.180. The zero-order chi connectivity index (χ0) is 9.26. The summed E-state index contributed by atoms with van der Waals surface area (Å²) in [5.74, 6) is -0.211. The van der Waals surface area contributed by atoms with Crippen molar-refractivity contribution in [3.8, 4) is 0 Å². The lowest BCUT2D eigenvalue weighted by Gasteiger charge is -2.24. The van der Waals surface area contributed by atoms with E-state index >= 15 is 0 Å². The van der Waals surface area contributed by atoms with Crippen LogP contribution < -0.4 is 5.32 Å². The average molecular weight is 183 g/mol. The van der Waals surface area contributed by atoms with Crippen LogP contribution in [0.5, 0.6) is 0 Å². The van der Waals surface area contributed by atoms with Gasteiger partial charge in [-0.3, -0.25) is 0 Å². The molecule has 2 rings (SSSR count). The number of nitrogens with one attached hydrogen (secondary N) is 1. The Morgan fingerprint density at radius 2 is 2.31 bits per heavy atom. The zero-order valence-corrected chi connectivity index (χ0v) is 7.19. The monoisotopic (exact) mass is 183 g/mol. The second-order valence-corrected chi connectivity index (χ2v) is 3.22. The topological polar surface area (TPSA) is 12.0 Å². The van der Waals surface area contributed by atoms with Crippen molar-refractivity contribution in [2.45, 2.75) is 12.5 Å². The number of hydrogen-bond acceptors (Lipinski definition) is 1. The molecule has 0 saturated heterocycles. The van der Waals surface area contributed by atoms with Crippen LogP contribution in [-0.4, -0.2) is 13.2 Å². The largest absolute Gasteiger partial charge is 0.307 e. The van der Waals surface area contributed by atoms with Gasteiger partial charge in [-0.1, -0.05) is 12.1 Å². The third-order valence-corrected chi connectivity index (χ3v) is 2.45. The normalized spacial score (nSPS) is 21.2. The molecule has 1 aromatic rings. The van der Waals surface area contributed by atoms with E-state index in [1.807, 2.05) is 0 Å². The number of alkyl halides is 1. The summed E-state index contributed by atoms with van der Waals surface area (Å²) in [4.78, 5) is 0. The molecule has 0 radical (unpaired) electrons. The van der Waals surface area contributed by atoms with Crippen molar-refractivity contribution in [2.75, 3.05) is 13.2 Å². The van der Waals surface area contributed by atoms with Crippen LogP contribution in [0.4, 0.5) is 8.78 Å². The summed E-state index contributed by atoms with van der Waals surface area (Å²) in [7, 11) is 0. The molecule has 1 atom stereocenters. The Morgan fingerprint density at radius 3 is 3.08 bits per heavy atom. The molecule has 13 heavy (non-hydrogen) atoms. The molecular formula is C10H11F2N. The number of halogens is 2. The Hall–Kier alpha value is -0.960. The SMILES string of the molecule is FCC1NCCc2c(F)cccc21. The maximum Gasteiger partial charge on any atom is 0.126 e.